The summed E-state index contributed by atoms with van der Waals surface area (Å²) in [6.07, 6.45) is 4.35. The Bertz CT molecular complexity index is 1090. The molecule has 0 amide bonds. The summed E-state index contributed by atoms with van der Waals surface area (Å²) < 4.78 is 12.2. The molecular formula is C27H27NO2. The number of ether oxygens (including phenoxy) is 2. The van der Waals surface area contributed by atoms with E-state index in [1.807, 2.05) is 0 Å². The SMILES string of the molecule is c1ccc2c(c1)CCN(c1ccc3c(c1)OC(c1ccc4c(c1)COCC4)CC3)C2. The second-order valence-electron chi connectivity index (χ2n) is 8.71. The summed E-state index contributed by atoms with van der Waals surface area (Å²) in [6.45, 7) is 3.60. The molecule has 0 bridgehead atoms. The van der Waals surface area contributed by atoms with Crippen LogP contribution in [0.3, 0.4) is 0 Å². The van der Waals surface area contributed by atoms with Gasteiger partial charge >= 0.3 is 0 Å². The Morgan fingerprint density at radius 2 is 1.63 bits per heavy atom. The summed E-state index contributed by atoms with van der Waals surface area (Å²) in [5.74, 6) is 1.05. The van der Waals surface area contributed by atoms with Gasteiger partial charge < -0.3 is 14.4 Å². The predicted molar refractivity (Wildman–Crippen MR) is 119 cm³/mol. The van der Waals surface area contributed by atoms with Crippen LogP contribution in [0.25, 0.3) is 0 Å². The number of benzene rings is 3. The van der Waals surface area contributed by atoms with Crippen LogP contribution in [0.2, 0.25) is 0 Å². The average molecular weight is 398 g/mol. The van der Waals surface area contributed by atoms with Crippen molar-refractivity contribution in [2.24, 2.45) is 0 Å². The van der Waals surface area contributed by atoms with Gasteiger partial charge in [-0.05, 0) is 71.2 Å². The third-order valence-electron chi connectivity index (χ3n) is 6.87. The summed E-state index contributed by atoms with van der Waals surface area (Å²) >= 11 is 0. The molecule has 0 aromatic heterocycles. The Hall–Kier alpha value is -2.78. The van der Waals surface area contributed by atoms with Crippen molar-refractivity contribution in [2.75, 3.05) is 18.1 Å². The lowest BCUT2D eigenvalue weighted by molar-refractivity contribution is 0.110. The van der Waals surface area contributed by atoms with Crippen molar-refractivity contribution < 1.29 is 9.47 Å². The normalized spacial score (nSPS) is 20.0. The Morgan fingerprint density at radius 1 is 0.767 bits per heavy atom. The van der Waals surface area contributed by atoms with E-state index in [4.69, 9.17) is 9.47 Å². The van der Waals surface area contributed by atoms with E-state index >= 15 is 0 Å². The van der Waals surface area contributed by atoms with Crippen molar-refractivity contribution >= 4 is 5.69 Å². The van der Waals surface area contributed by atoms with E-state index in [9.17, 15) is 0 Å². The maximum atomic E-state index is 6.54. The Balaban J connectivity index is 1.24. The van der Waals surface area contributed by atoms with Crippen LogP contribution in [0.1, 0.15) is 45.9 Å². The molecule has 3 aromatic rings. The predicted octanol–water partition coefficient (Wildman–Crippen LogP) is 5.39. The number of aryl methyl sites for hydroxylation is 1. The summed E-state index contributed by atoms with van der Waals surface area (Å²) in [6, 6.07) is 22.4. The number of nitrogens with zero attached hydrogens (tertiary/aromatic N) is 1. The smallest absolute Gasteiger partial charge is 0.125 e. The number of rotatable bonds is 2. The van der Waals surface area contributed by atoms with Gasteiger partial charge in [0, 0.05) is 24.8 Å². The van der Waals surface area contributed by atoms with Gasteiger partial charge in [0.05, 0.1) is 13.2 Å². The lowest BCUT2D eigenvalue weighted by Gasteiger charge is -2.33. The lowest BCUT2D eigenvalue weighted by atomic mass is 9.93. The van der Waals surface area contributed by atoms with Crippen molar-refractivity contribution in [3.63, 3.8) is 0 Å². The molecule has 0 spiro atoms. The average Bonchev–Trinajstić information content (AvgIpc) is 2.82. The van der Waals surface area contributed by atoms with Crippen molar-refractivity contribution in [1.82, 2.24) is 0 Å². The van der Waals surface area contributed by atoms with Crippen molar-refractivity contribution in [1.29, 1.82) is 0 Å². The van der Waals surface area contributed by atoms with E-state index < -0.39 is 0 Å². The molecular weight excluding hydrogens is 370 g/mol. The van der Waals surface area contributed by atoms with Gasteiger partial charge in [-0.1, -0.05) is 42.5 Å². The fourth-order valence-corrected chi connectivity index (χ4v) is 5.09. The minimum absolute atomic E-state index is 0.127. The minimum Gasteiger partial charge on any atom is -0.485 e. The molecule has 152 valence electrons. The maximum absolute atomic E-state index is 6.54. The summed E-state index contributed by atoms with van der Waals surface area (Å²) in [5, 5.41) is 0. The first-order valence-electron chi connectivity index (χ1n) is 11.1. The zero-order chi connectivity index (χ0) is 19.9. The van der Waals surface area contributed by atoms with E-state index in [0.29, 0.717) is 0 Å². The number of hydrogen-bond donors (Lipinski definition) is 0. The van der Waals surface area contributed by atoms with Crippen molar-refractivity contribution in [3.8, 4) is 5.75 Å². The van der Waals surface area contributed by atoms with Crippen LogP contribution in [-0.2, 0) is 37.2 Å². The molecule has 1 atom stereocenters. The first kappa shape index (κ1) is 18.0. The molecule has 0 saturated carbocycles. The minimum atomic E-state index is 0.127. The van der Waals surface area contributed by atoms with Gasteiger partial charge in [-0.2, -0.15) is 0 Å². The third-order valence-corrected chi connectivity index (χ3v) is 6.87. The van der Waals surface area contributed by atoms with E-state index in [1.54, 1.807) is 0 Å². The van der Waals surface area contributed by atoms with E-state index in [-0.39, 0.29) is 6.10 Å². The molecule has 30 heavy (non-hydrogen) atoms. The van der Waals surface area contributed by atoms with Crippen LogP contribution < -0.4 is 9.64 Å². The Kier molecular flexibility index (Phi) is 4.49. The zero-order valence-electron chi connectivity index (χ0n) is 17.3. The zero-order valence-corrected chi connectivity index (χ0v) is 17.3. The first-order chi connectivity index (χ1) is 14.8. The number of fused-ring (bicyclic) bond motifs is 3. The summed E-state index contributed by atoms with van der Waals surface area (Å²) in [4.78, 5) is 2.48. The molecule has 0 saturated heterocycles. The highest BCUT2D eigenvalue weighted by molar-refractivity contribution is 5.56. The van der Waals surface area contributed by atoms with Gasteiger partial charge in [0.1, 0.15) is 11.9 Å². The molecule has 3 heterocycles. The number of hydrogen-bond acceptors (Lipinski definition) is 3. The molecule has 3 nitrogen and oxygen atoms in total. The highest BCUT2D eigenvalue weighted by Gasteiger charge is 2.24. The summed E-state index contributed by atoms with van der Waals surface area (Å²) in [7, 11) is 0. The van der Waals surface area contributed by atoms with E-state index in [0.717, 1.165) is 57.7 Å². The molecule has 0 fully saturated rings. The topological polar surface area (TPSA) is 21.7 Å². The third kappa shape index (κ3) is 3.27. The van der Waals surface area contributed by atoms with Crippen molar-refractivity contribution in [2.45, 2.75) is 44.9 Å². The molecule has 3 aromatic carbocycles. The molecule has 0 radical (unpaired) electrons. The quantitative estimate of drug-likeness (QED) is 0.579. The highest BCUT2D eigenvalue weighted by Crippen LogP contribution is 2.38. The monoisotopic (exact) mass is 397 g/mol. The fraction of sp³-hybridized carbons (Fsp3) is 0.333. The molecule has 0 aliphatic carbocycles. The fourth-order valence-electron chi connectivity index (χ4n) is 5.09. The van der Waals surface area contributed by atoms with Gasteiger partial charge in [0.15, 0.2) is 0 Å². The highest BCUT2D eigenvalue weighted by atomic mass is 16.5. The molecule has 6 rings (SSSR count). The van der Waals surface area contributed by atoms with Crippen LogP contribution in [0, 0.1) is 0 Å². The Morgan fingerprint density at radius 3 is 2.60 bits per heavy atom. The van der Waals surface area contributed by atoms with Crippen LogP contribution in [0.5, 0.6) is 5.75 Å². The summed E-state index contributed by atoms with van der Waals surface area (Å²) in [5.41, 5.74) is 9.55. The molecule has 3 aliphatic rings. The van der Waals surface area contributed by atoms with Gasteiger partial charge in [-0.15, -0.1) is 0 Å². The van der Waals surface area contributed by atoms with Crippen LogP contribution in [-0.4, -0.2) is 13.2 Å². The molecule has 1 unspecified atom stereocenters. The van der Waals surface area contributed by atoms with Gasteiger partial charge in [0.2, 0.25) is 0 Å². The van der Waals surface area contributed by atoms with Gasteiger partial charge in [-0.25, -0.2) is 0 Å². The maximum Gasteiger partial charge on any atom is 0.125 e. The van der Waals surface area contributed by atoms with Crippen LogP contribution >= 0.6 is 0 Å². The first-order valence-corrected chi connectivity index (χ1v) is 11.1. The van der Waals surface area contributed by atoms with Crippen molar-refractivity contribution in [3.05, 3.63) is 94.0 Å². The number of anilines is 1. The second kappa shape index (κ2) is 7.48. The van der Waals surface area contributed by atoms with E-state index in [2.05, 4.69) is 65.6 Å². The molecule has 0 N–H and O–H groups in total. The second-order valence-corrected chi connectivity index (χ2v) is 8.71. The van der Waals surface area contributed by atoms with E-state index in [1.165, 1.54) is 39.1 Å². The Labute approximate surface area is 178 Å². The lowest BCUT2D eigenvalue weighted by Crippen LogP contribution is -2.30. The molecule has 3 aliphatic heterocycles. The van der Waals surface area contributed by atoms with Crippen LogP contribution in [0.15, 0.2) is 60.7 Å². The van der Waals surface area contributed by atoms with Gasteiger partial charge in [0.25, 0.3) is 0 Å². The van der Waals surface area contributed by atoms with Crippen LogP contribution in [0.4, 0.5) is 5.69 Å². The largest absolute Gasteiger partial charge is 0.485 e. The standard InChI is InChI=1S/C27H27NO2/c1-2-4-23-17-28(13-11-19(23)3-1)25-9-7-21-8-10-26(30-27(21)16-25)22-6-5-20-12-14-29-18-24(20)15-22/h1-7,9,15-16,26H,8,10-14,17-18H2. The van der Waals surface area contributed by atoms with Gasteiger partial charge in [-0.3, -0.25) is 0 Å². The molecule has 3 heteroatoms.